The lowest BCUT2D eigenvalue weighted by Gasteiger charge is -2.11. The zero-order valence-electron chi connectivity index (χ0n) is 10.7. The standard InChI is InChI=1S/C15H10F2N2O2/c16-15(17)21-13-7-2-1-6-12(13)19-14(20)11-5-3-4-10(8-11)9-18/h1-8,15H,(H,19,20). The molecular weight excluding hydrogens is 278 g/mol. The van der Waals surface area contributed by atoms with E-state index in [9.17, 15) is 13.6 Å². The third-order valence-electron chi connectivity index (χ3n) is 2.61. The Balaban J connectivity index is 2.21. The van der Waals surface area contributed by atoms with E-state index < -0.39 is 12.5 Å². The maximum Gasteiger partial charge on any atom is 0.387 e. The van der Waals surface area contributed by atoms with Crippen LogP contribution in [0.2, 0.25) is 0 Å². The van der Waals surface area contributed by atoms with Crippen LogP contribution in [0, 0.1) is 11.3 Å². The molecule has 0 radical (unpaired) electrons. The Morgan fingerprint density at radius 1 is 1.19 bits per heavy atom. The summed E-state index contributed by atoms with van der Waals surface area (Å²) in [5.41, 5.74) is 0.714. The molecule has 0 aliphatic heterocycles. The number of carbonyl (C=O) groups excluding carboxylic acids is 1. The van der Waals surface area contributed by atoms with Crippen LogP contribution in [0.4, 0.5) is 14.5 Å². The van der Waals surface area contributed by atoms with E-state index in [0.717, 1.165) is 0 Å². The molecule has 0 heterocycles. The molecule has 0 saturated carbocycles. The minimum Gasteiger partial charge on any atom is -0.433 e. The fourth-order valence-corrected chi connectivity index (χ4v) is 1.69. The van der Waals surface area contributed by atoms with Crippen molar-refractivity contribution in [2.45, 2.75) is 6.61 Å². The summed E-state index contributed by atoms with van der Waals surface area (Å²) < 4.78 is 28.9. The van der Waals surface area contributed by atoms with E-state index in [1.54, 1.807) is 18.2 Å². The van der Waals surface area contributed by atoms with Crippen LogP contribution in [0.25, 0.3) is 0 Å². The Bertz CT molecular complexity index is 696. The van der Waals surface area contributed by atoms with Crippen LogP contribution in [-0.2, 0) is 0 Å². The van der Waals surface area contributed by atoms with Gasteiger partial charge in [-0.15, -0.1) is 0 Å². The molecule has 21 heavy (non-hydrogen) atoms. The van der Waals surface area contributed by atoms with Crippen molar-refractivity contribution < 1.29 is 18.3 Å². The molecule has 0 unspecified atom stereocenters. The van der Waals surface area contributed by atoms with Crippen molar-refractivity contribution in [3.05, 3.63) is 59.7 Å². The molecule has 4 nitrogen and oxygen atoms in total. The fourth-order valence-electron chi connectivity index (χ4n) is 1.69. The van der Waals surface area contributed by atoms with Crippen molar-refractivity contribution in [3.8, 4) is 11.8 Å². The normalized spacial score (nSPS) is 10.0. The number of carbonyl (C=O) groups is 1. The van der Waals surface area contributed by atoms with Crippen LogP contribution >= 0.6 is 0 Å². The summed E-state index contributed by atoms with van der Waals surface area (Å²) in [5, 5.41) is 11.3. The molecule has 2 aromatic carbocycles. The van der Waals surface area contributed by atoms with Gasteiger partial charge in [0, 0.05) is 5.56 Å². The molecule has 0 aliphatic carbocycles. The average molecular weight is 288 g/mol. The van der Waals surface area contributed by atoms with Gasteiger partial charge in [-0.1, -0.05) is 18.2 Å². The number of rotatable bonds is 4. The summed E-state index contributed by atoms with van der Waals surface area (Å²) in [5.74, 6) is -0.644. The van der Waals surface area contributed by atoms with E-state index in [4.69, 9.17) is 5.26 Å². The van der Waals surface area contributed by atoms with Crippen molar-refractivity contribution in [1.29, 1.82) is 5.26 Å². The van der Waals surface area contributed by atoms with Crippen LogP contribution < -0.4 is 10.1 Å². The molecule has 2 aromatic rings. The third kappa shape index (κ3) is 3.76. The molecule has 0 atom stereocenters. The molecule has 0 saturated heterocycles. The van der Waals surface area contributed by atoms with Crippen LogP contribution in [0.3, 0.4) is 0 Å². The van der Waals surface area contributed by atoms with Gasteiger partial charge >= 0.3 is 6.61 Å². The Hall–Kier alpha value is -2.94. The average Bonchev–Trinajstić information content (AvgIpc) is 2.48. The van der Waals surface area contributed by atoms with Gasteiger partial charge in [0.2, 0.25) is 0 Å². The number of alkyl halides is 2. The van der Waals surface area contributed by atoms with Crippen LogP contribution in [0.15, 0.2) is 48.5 Å². The summed E-state index contributed by atoms with van der Waals surface area (Å²) in [7, 11) is 0. The van der Waals surface area contributed by atoms with E-state index in [-0.39, 0.29) is 17.0 Å². The van der Waals surface area contributed by atoms with Gasteiger partial charge in [0.05, 0.1) is 17.3 Å². The molecule has 2 rings (SSSR count). The SMILES string of the molecule is N#Cc1cccc(C(=O)Nc2ccccc2OC(F)F)c1. The highest BCUT2D eigenvalue weighted by atomic mass is 19.3. The quantitative estimate of drug-likeness (QED) is 0.937. The highest BCUT2D eigenvalue weighted by molar-refractivity contribution is 6.05. The second-order valence-electron chi connectivity index (χ2n) is 4.02. The smallest absolute Gasteiger partial charge is 0.387 e. The van der Waals surface area contributed by atoms with Gasteiger partial charge in [-0.3, -0.25) is 4.79 Å². The van der Waals surface area contributed by atoms with E-state index in [0.29, 0.717) is 5.56 Å². The number of nitrogens with one attached hydrogen (secondary N) is 1. The first-order valence-electron chi connectivity index (χ1n) is 5.95. The number of benzene rings is 2. The van der Waals surface area contributed by atoms with E-state index in [1.165, 1.54) is 30.3 Å². The van der Waals surface area contributed by atoms with Crippen LogP contribution in [-0.4, -0.2) is 12.5 Å². The van der Waals surface area contributed by atoms with Gasteiger partial charge in [-0.2, -0.15) is 14.0 Å². The molecule has 6 heteroatoms. The number of nitriles is 1. The van der Waals surface area contributed by atoms with Crippen molar-refractivity contribution >= 4 is 11.6 Å². The minimum atomic E-state index is -2.98. The van der Waals surface area contributed by atoms with Crippen molar-refractivity contribution in [3.63, 3.8) is 0 Å². The summed E-state index contributed by atoms with van der Waals surface area (Å²) in [4.78, 5) is 12.1. The van der Waals surface area contributed by atoms with Crippen LogP contribution in [0.5, 0.6) is 5.75 Å². The molecule has 1 amide bonds. The van der Waals surface area contributed by atoms with Gasteiger partial charge in [-0.05, 0) is 30.3 Å². The number of hydrogen-bond donors (Lipinski definition) is 1. The predicted octanol–water partition coefficient (Wildman–Crippen LogP) is 3.41. The second kappa shape index (κ2) is 6.48. The lowest BCUT2D eigenvalue weighted by atomic mass is 10.1. The van der Waals surface area contributed by atoms with E-state index in [2.05, 4.69) is 10.1 Å². The molecule has 1 N–H and O–H groups in total. The largest absolute Gasteiger partial charge is 0.433 e. The molecular formula is C15H10F2N2O2. The summed E-state index contributed by atoms with van der Waals surface area (Å²) in [6, 6.07) is 13.8. The van der Waals surface area contributed by atoms with Gasteiger partial charge in [0.15, 0.2) is 0 Å². The Kier molecular flexibility index (Phi) is 4.46. The number of ether oxygens (including phenoxy) is 1. The third-order valence-corrected chi connectivity index (χ3v) is 2.61. The number of hydrogen-bond acceptors (Lipinski definition) is 3. The van der Waals surface area contributed by atoms with E-state index >= 15 is 0 Å². The molecule has 0 spiro atoms. The lowest BCUT2D eigenvalue weighted by molar-refractivity contribution is -0.0493. The first kappa shape index (κ1) is 14.5. The predicted molar refractivity (Wildman–Crippen MR) is 72.2 cm³/mol. The second-order valence-corrected chi connectivity index (χ2v) is 4.02. The molecule has 0 aromatic heterocycles. The number of nitrogens with zero attached hydrogens (tertiary/aromatic N) is 1. The molecule has 0 aliphatic rings. The topological polar surface area (TPSA) is 62.1 Å². The van der Waals surface area contributed by atoms with Gasteiger partial charge in [-0.25, -0.2) is 0 Å². The van der Waals surface area contributed by atoms with Gasteiger partial charge in [0.1, 0.15) is 5.75 Å². The molecule has 106 valence electrons. The highest BCUT2D eigenvalue weighted by Gasteiger charge is 2.12. The highest BCUT2D eigenvalue weighted by Crippen LogP contribution is 2.26. The van der Waals surface area contributed by atoms with Crippen molar-refractivity contribution in [2.75, 3.05) is 5.32 Å². The fraction of sp³-hybridized carbons (Fsp3) is 0.0667. The zero-order valence-corrected chi connectivity index (χ0v) is 10.7. The summed E-state index contributed by atoms with van der Waals surface area (Å²) >= 11 is 0. The maximum absolute atomic E-state index is 12.3. The zero-order chi connectivity index (χ0) is 15.2. The van der Waals surface area contributed by atoms with Crippen LogP contribution in [0.1, 0.15) is 15.9 Å². The minimum absolute atomic E-state index is 0.128. The summed E-state index contributed by atoms with van der Waals surface area (Å²) in [6.07, 6.45) is 0. The van der Waals surface area contributed by atoms with Gasteiger partial charge < -0.3 is 10.1 Å². The van der Waals surface area contributed by atoms with Crippen molar-refractivity contribution in [2.24, 2.45) is 0 Å². The molecule has 0 bridgehead atoms. The monoisotopic (exact) mass is 288 g/mol. The van der Waals surface area contributed by atoms with E-state index in [1.807, 2.05) is 6.07 Å². The maximum atomic E-state index is 12.3. The first-order valence-corrected chi connectivity index (χ1v) is 5.95. The Labute approximate surface area is 119 Å². The van der Waals surface area contributed by atoms with Gasteiger partial charge in [0.25, 0.3) is 5.91 Å². The number of halogens is 2. The Morgan fingerprint density at radius 2 is 1.95 bits per heavy atom. The number of amides is 1. The first-order chi connectivity index (χ1) is 10.1. The Morgan fingerprint density at radius 3 is 2.67 bits per heavy atom. The number of anilines is 1. The lowest BCUT2D eigenvalue weighted by Crippen LogP contribution is -2.14. The summed E-state index contributed by atoms with van der Waals surface area (Å²) in [6.45, 7) is -2.98. The van der Waals surface area contributed by atoms with Crippen molar-refractivity contribution in [1.82, 2.24) is 0 Å². The number of para-hydroxylation sites is 2. The molecule has 0 fully saturated rings.